The van der Waals surface area contributed by atoms with E-state index in [1.165, 1.54) is 12.3 Å². The molecule has 15 heavy (non-hydrogen) atoms. The summed E-state index contributed by atoms with van der Waals surface area (Å²) >= 11 is 0. The van der Waals surface area contributed by atoms with Crippen molar-refractivity contribution in [1.29, 1.82) is 5.41 Å². The summed E-state index contributed by atoms with van der Waals surface area (Å²) < 4.78 is 0.692. The molecule has 0 aromatic carbocycles. The van der Waals surface area contributed by atoms with Crippen molar-refractivity contribution in [2.24, 2.45) is 0 Å². The Morgan fingerprint density at radius 1 is 1.20 bits per heavy atom. The zero-order chi connectivity index (χ0) is 11.3. The smallest absolute Gasteiger partial charge is 0.160 e. The highest BCUT2D eigenvalue weighted by Gasteiger charge is 2.05. The Kier molecular flexibility index (Phi) is 4.14. The van der Waals surface area contributed by atoms with E-state index in [-0.39, 0.29) is 18.7 Å². The van der Waals surface area contributed by atoms with Crippen LogP contribution in [0.25, 0.3) is 0 Å². The minimum atomic E-state index is -0.0337. The Morgan fingerprint density at radius 2 is 1.80 bits per heavy atom. The summed E-state index contributed by atoms with van der Waals surface area (Å²) in [7, 11) is 0. The normalized spacial score (nSPS) is 10.3. The molecule has 0 saturated heterocycles. The zero-order valence-electron chi connectivity index (χ0n) is 8.30. The van der Waals surface area contributed by atoms with Crippen molar-refractivity contribution >= 4 is 5.69 Å². The lowest BCUT2D eigenvalue weighted by molar-refractivity contribution is 0.170. The molecular formula is C9H15N3O3. The van der Waals surface area contributed by atoms with Gasteiger partial charge < -0.3 is 20.3 Å². The Labute approximate surface area is 87.1 Å². The third-order valence-corrected chi connectivity index (χ3v) is 2.02. The van der Waals surface area contributed by atoms with E-state index in [0.717, 1.165) is 0 Å². The van der Waals surface area contributed by atoms with E-state index in [1.807, 2.05) is 0 Å². The van der Waals surface area contributed by atoms with E-state index < -0.39 is 0 Å². The molecule has 6 heteroatoms. The van der Waals surface area contributed by atoms with Crippen LogP contribution in [-0.2, 0) is 0 Å². The van der Waals surface area contributed by atoms with Gasteiger partial charge in [-0.15, -0.1) is 0 Å². The van der Waals surface area contributed by atoms with E-state index >= 15 is 0 Å². The Hall–Kier alpha value is -1.53. The average molecular weight is 213 g/mol. The first-order valence-corrected chi connectivity index (χ1v) is 4.62. The van der Waals surface area contributed by atoms with Crippen LogP contribution in [0, 0.1) is 5.41 Å². The molecule has 84 valence electrons. The van der Waals surface area contributed by atoms with E-state index in [4.69, 9.17) is 15.6 Å². The van der Waals surface area contributed by atoms with Gasteiger partial charge in [-0.05, 0) is 12.1 Å². The minimum Gasteiger partial charge on any atom is -0.427 e. The number of hydrogen-bond donors (Lipinski definition) is 4. The van der Waals surface area contributed by atoms with Crippen LogP contribution in [0.4, 0.5) is 5.69 Å². The number of rotatable bonds is 5. The quantitative estimate of drug-likeness (QED) is 0.472. The van der Waals surface area contributed by atoms with Crippen LogP contribution in [0.2, 0.25) is 0 Å². The third kappa shape index (κ3) is 2.97. The highest BCUT2D eigenvalue weighted by molar-refractivity contribution is 5.43. The summed E-state index contributed by atoms with van der Waals surface area (Å²) in [6.07, 6.45) is 1.37. The summed E-state index contributed by atoms with van der Waals surface area (Å²) in [6.45, 7) is 0.678. The van der Waals surface area contributed by atoms with Crippen molar-refractivity contribution in [2.45, 2.75) is 0 Å². The second-order valence-corrected chi connectivity index (χ2v) is 3.05. The van der Waals surface area contributed by atoms with Crippen molar-refractivity contribution in [3.63, 3.8) is 0 Å². The fraction of sp³-hybridized carbons (Fsp3) is 0.444. The maximum absolute atomic E-state index is 9.26. The SMILES string of the molecule is N=c1ccc(N(CCO)CCO)cn1O. The summed E-state index contributed by atoms with van der Waals surface area (Å²) in [5.74, 6) is 0. The first-order valence-electron chi connectivity index (χ1n) is 4.62. The number of aliphatic hydroxyl groups excluding tert-OH is 2. The van der Waals surface area contributed by atoms with Gasteiger partial charge in [-0.2, -0.15) is 4.73 Å². The molecule has 0 fully saturated rings. The fourth-order valence-electron chi connectivity index (χ4n) is 1.28. The summed E-state index contributed by atoms with van der Waals surface area (Å²) in [5, 5.41) is 34.2. The number of hydrogen-bond acceptors (Lipinski definition) is 5. The highest BCUT2D eigenvalue weighted by Crippen LogP contribution is 2.09. The Balaban J connectivity index is 2.90. The summed E-state index contributed by atoms with van der Waals surface area (Å²) in [4.78, 5) is 1.71. The van der Waals surface area contributed by atoms with Gasteiger partial charge >= 0.3 is 0 Å². The standard InChI is InChI=1S/C9H15N3O3/c10-9-2-1-8(7-12(9)15)11(3-5-13)4-6-14/h1-2,7,10,13-15H,3-6H2. The second kappa shape index (κ2) is 5.38. The Bertz CT molecular complexity index is 358. The molecule has 0 unspecified atom stereocenters. The van der Waals surface area contributed by atoms with Crippen LogP contribution in [0.3, 0.4) is 0 Å². The van der Waals surface area contributed by atoms with Crippen molar-refractivity contribution in [2.75, 3.05) is 31.2 Å². The molecule has 1 aromatic rings. The number of nitrogens with zero attached hydrogens (tertiary/aromatic N) is 2. The molecule has 0 radical (unpaired) electrons. The number of anilines is 1. The highest BCUT2D eigenvalue weighted by atomic mass is 16.5. The van der Waals surface area contributed by atoms with E-state index in [0.29, 0.717) is 23.5 Å². The van der Waals surface area contributed by atoms with Crippen LogP contribution in [0.5, 0.6) is 0 Å². The maximum atomic E-state index is 9.26. The van der Waals surface area contributed by atoms with Crippen LogP contribution >= 0.6 is 0 Å². The van der Waals surface area contributed by atoms with Crippen molar-refractivity contribution in [3.8, 4) is 0 Å². The van der Waals surface area contributed by atoms with Gasteiger partial charge in [-0.1, -0.05) is 0 Å². The lowest BCUT2D eigenvalue weighted by Crippen LogP contribution is -2.31. The van der Waals surface area contributed by atoms with Gasteiger partial charge in [0.2, 0.25) is 0 Å². The minimum absolute atomic E-state index is 0.0216. The van der Waals surface area contributed by atoms with Crippen LogP contribution in [0.15, 0.2) is 18.3 Å². The van der Waals surface area contributed by atoms with Gasteiger partial charge in [-0.25, -0.2) is 0 Å². The van der Waals surface area contributed by atoms with Gasteiger partial charge in [0, 0.05) is 13.1 Å². The molecule has 1 aromatic heterocycles. The largest absolute Gasteiger partial charge is 0.427 e. The molecule has 6 nitrogen and oxygen atoms in total. The molecule has 0 aliphatic carbocycles. The molecule has 0 atom stereocenters. The third-order valence-electron chi connectivity index (χ3n) is 2.02. The maximum Gasteiger partial charge on any atom is 0.160 e. The number of aliphatic hydroxyl groups is 2. The van der Waals surface area contributed by atoms with Crippen LogP contribution < -0.4 is 10.4 Å². The van der Waals surface area contributed by atoms with Crippen molar-refractivity contribution < 1.29 is 15.4 Å². The lowest BCUT2D eigenvalue weighted by atomic mass is 10.3. The molecule has 0 spiro atoms. The predicted molar refractivity (Wildman–Crippen MR) is 53.9 cm³/mol. The molecule has 0 aliphatic rings. The van der Waals surface area contributed by atoms with E-state index in [2.05, 4.69) is 0 Å². The fourth-order valence-corrected chi connectivity index (χ4v) is 1.28. The second-order valence-electron chi connectivity index (χ2n) is 3.05. The molecule has 1 heterocycles. The van der Waals surface area contributed by atoms with Gasteiger partial charge in [0.25, 0.3) is 0 Å². The van der Waals surface area contributed by atoms with Gasteiger partial charge in [0.05, 0.1) is 25.1 Å². The number of pyridine rings is 1. The zero-order valence-corrected chi connectivity index (χ0v) is 8.30. The molecule has 4 N–H and O–H groups in total. The topological polar surface area (TPSA) is 92.7 Å². The van der Waals surface area contributed by atoms with Crippen LogP contribution in [0.1, 0.15) is 0 Å². The number of nitrogens with one attached hydrogen (secondary N) is 1. The molecule has 0 aliphatic heterocycles. The van der Waals surface area contributed by atoms with E-state index in [9.17, 15) is 5.21 Å². The molecule has 0 saturated carbocycles. The molecule has 1 rings (SSSR count). The first kappa shape index (κ1) is 11.5. The summed E-state index contributed by atoms with van der Waals surface area (Å²) in [5.41, 5.74) is 0.628. The summed E-state index contributed by atoms with van der Waals surface area (Å²) in [6, 6.07) is 3.09. The van der Waals surface area contributed by atoms with E-state index in [1.54, 1.807) is 11.0 Å². The lowest BCUT2D eigenvalue weighted by Gasteiger charge is -2.22. The monoisotopic (exact) mass is 213 g/mol. The van der Waals surface area contributed by atoms with Gasteiger partial charge in [0.1, 0.15) is 0 Å². The first-order chi connectivity index (χ1) is 7.19. The Morgan fingerprint density at radius 3 is 2.27 bits per heavy atom. The molecular weight excluding hydrogens is 198 g/mol. The number of aromatic nitrogens is 1. The average Bonchev–Trinajstić information content (AvgIpc) is 2.22. The molecule has 0 bridgehead atoms. The predicted octanol–water partition coefficient (Wildman–Crippen LogP) is -1.00. The van der Waals surface area contributed by atoms with Crippen LogP contribution in [-0.4, -0.2) is 46.5 Å². The van der Waals surface area contributed by atoms with Crippen molar-refractivity contribution in [1.82, 2.24) is 4.73 Å². The van der Waals surface area contributed by atoms with Gasteiger partial charge in [-0.3, -0.25) is 5.41 Å². The van der Waals surface area contributed by atoms with Gasteiger partial charge in [0.15, 0.2) is 5.49 Å². The van der Waals surface area contributed by atoms with Crippen molar-refractivity contribution in [3.05, 3.63) is 23.8 Å². The molecule has 0 amide bonds.